The number of imide groups is 2. The Morgan fingerprint density at radius 2 is 1.67 bits per heavy atom. The predicted molar refractivity (Wildman–Crippen MR) is 256 cm³/mol. The number of rotatable bonds is 12. The van der Waals surface area contributed by atoms with E-state index in [1.165, 1.54) is 37.7 Å². The highest BCUT2D eigenvalue weighted by atomic mass is 16.5. The molecule has 12 rings (SSSR count). The summed E-state index contributed by atoms with van der Waals surface area (Å²) in [5.74, 6) is 0.500. The number of fused-ring (bicyclic) bond motifs is 4. The van der Waals surface area contributed by atoms with Crippen molar-refractivity contribution in [2.24, 2.45) is 17.8 Å². The fraction of sp³-hybridized carbons (Fsp3) is 0.453. The first-order valence-corrected chi connectivity index (χ1v) is 24.7. The molecule has 69 heavy (non-hydrogen) atoms. The van der Waals surface area contributed by atoms with Gasteiger partial charge >= 0.3 is 11.8 Å². The summed E-state index contributed by atoms with van der Waals surface area (Å²) in [5, 5.41) is 11.5. The number of carbonyl (C=O) groups is 5. The van der Waals surface area contributed by atoms with Crippen LogP contribution in [-0.4, -0.2) is 103 Å². The summed E-state index contributed by atoms with van der Waals surface area (Å²) < 4.78 is 5.31. The molecule has 6 aliphatic rings. The van der Waals surface area contributed by atoms with Crippen molar-refractivity contribution in [3.05, 3.63) is 100 Å². The predicted octanol–water partition coefficient (Wildman–Crippen LogP) is 6.97. The van der Waals surface area contributed by atoms with E-state index in [9.17, 15) is 24.0 Å². The summed E-state index contributed by atoms with van der Waals surface area (Å²) in [7, 11) is 0. The molecule has 16 heteroatoms. The van der Waals surface area contributed by atoms with E-state index >= 15 is 0 Å². The Kier molecular flexibility index (Phi) is 10.5. The van der Waals surface area contributed by atoms with Crippen molar-refractivity contribution in [1.29, 1.82) is 0 Å². The smallest absolute Gasteiger partial charge is 0.315 e. The van der Waals surface area contributed by atoms with Crippen molar-refractivity contribution < 1.29 is 28.5 Å². The second kappa shape index (κ2) is 16.7. The molecule has 16 nitrogen and oxygen atoms in total. The Hall–Kier alpha value is -6.81. The molecule has 354 valence electrons. The fourth-order valence-electron chi connectivity index (χ4n) is 11.8. The highest BCUT2D eigenvalue weighted by Gasteiger charge is 2.46. The van der Waals surface area contributed by atoms with E-state index in [2.05, 4.69) is 90.8 Å². The average molecular weight is 929 g/mol. The largest absolute Gasteiger partial charge is 0.368 e. The van der Waals surface area contributed by atoms with Gasteiger partial charge in [-0.1, -0.05) is 49.2 Å². The number of carbonyl (C=O) groups excluding carboxylic acids is 5. The first-order valence-electron chi connectivity index (χ1n) is 24.7. The van der Waals surface area contributed by atoms with Crippen LogP contribution >= 0.6 is 0 Å². The highest BCUT2D eigenvalue weighted by molar-refractivity contribution is 6.23. The van der Waals surface area contributed by atoms with E-state index in [1.54, 1.807) is 18.5 Å². The number of benzene rings is 3. The van der Waals surface area contributed by atoms with Gasteiger partial charge in [-0.15, -0.1) is 0 Å². The molecule has 0 spiro atoms. The van der Waals surface area contributed by atoms with Gasteiger partial charge in [0.2, 0.25) is 11.8 Å². The lowest BCUT2D eigenvalue weighted by atomic mass is 9.75. The lowest BCUT2D eigenvalue weighted by Crippen LogP contribution is -2.65. The maximum atomic E-state index is 13.3. The molecule has 5 fully saturated rings. The molecule has 3 aromatic carbocycles. The second-order valence-corrected chi connectivity index (χ2v) is 21.1. The van der Waals surface area contributed by atoms with Crippen LogP contribution in [0.15, 0.2) is 65.4 Å². The third-order valence-corrected chi connectivity index (χ3v) is 16.3. The third-order valence-electron chi connectivity index (χ3n) is 16.3. The highest BCUT2D eigenvalue weighted by Crippen LogP contribution is 2.46. The number of nitrogens with zero attached hydrogens (tertiary/aromatic N) is 7. The number of aryl methyl sites for hydroxylation is 1. The van der Waals surface area contributed by atoms with E-state index in [0.29, 0.717) is 28.9 Å². The van der Waals surface area contributed by atoms with Crippen molar-refractivity contribution in [1.82, 2.24) is 45.5 Å². The average Bonchev–Trinajstić information content (AvgIpc) is 3.59. The molecule has 3 aromatic heterocycles. The van der Waals surface area contributed by atoms with Crippen LogP contribution < -0.4 is 15.5 Å². The van der Waals surface area contributed by atoms with E-state index < -0.39 is 23.8 Å². The monoisotopic (exact) mass is 928 g/mol. The minimum Gasteiger partial charge on any atom is -0.368 e. The van der Waals surface area contributed by atoms with E-state index in [1.807, 2.05) is 13.0 Å². The van der Waals surface area contributed by atoms with Crippen LogP contribution in [0.1, 0.15) is 132 Å². The number of piperidine rings is 1. The summed E-state index contributed by atoms with van der Waals surface area (Å²) in [6, 6.07) is 17.7. The van der Waals surface area contributed by atoms with Gasteiger partial charge in [-0.2, -0.15) is 4.98 Å². The van der Waals surface area contributed by atoms with Crippen molar-refractivity contribution in [2.45, 2.75) is 109 Å². The number of H-pyrrole nitrogens is 1. The summed E-state index contributed by atoms with van der Waals surface area (Å²) in [6.07, 6.45) is 11.3. The lowest BCUT2D eigenvalue weighted by molar-refractivity contribution is -0.136. The molecule has 1 unspecified atom stereocenters. The number of nitrogens with one attached hydrogen (secondary N) is 3. The van der Waals surface area contributed by atoms with Gasteiger partial charge in [0.25, 0.3) is 11.8 Å². The molecule has 7 heterocycles. The molecule has 0 radical (unpaired) electrons. The van der Waals surface area contributed by atoms with Crippen molar-refractivity contribution >= 4 is 57.2 Å². The number of aromatic nitrogens is 5. The lowest BCUT2D eigenvalue weighted by Gasteiger charge is -2.53. The molecular weight excluding hydrogens is 873 g/mol. The Morgan fingerprint density at radius 1 is 0.884 bits per heavy atom. The maximum absolute atomic E-state index is 13.3. The van der Waals surface area contributed by atoms with Crippen LogP contribution in [-0.2, 0) is 21.4 Å². The number of hydrogen-bond donors (Lipinski definition) is 3. The van der Waals surface area contributed by atoms with Gasteiger partial charge in [-0.3, -0.25) is 39.1 Å². The normalized spacial score (nSPS) is 23.3. The van der Waals surface area contributed by atoms with Gasteiger partial charge in [-0.25, -0.2) is 9.97 Å². The van der Waals surface area contributed by atoms with Gasteiger partial charge < -0.3 is 19.7 Å². The maximum Gasteiger partial charge on any atom is 0.315 e. The minimum absolute atomic E-state index is 0.00603. The molecule has 0 bridgehead atoms. The van der Waals surface area contributed by atoms with Crippen molar-refractivity contribution in [2.75, 3.05) is 31.1 Å². The summed E-state index contributed by atoms with van der Waals surface area (Å²) in [6.45, 7) is 10.1. The van der Waals surface area contributed by atoms with Gasteiger partial charge in [0, 0.05) is 66.2 Å². The Bertz CT molecular complexity index is 3100. The third kappa shape index (κ3) is 7.86. The van der Waals surface area contributed by atoms with Crippen LogP contribution in [0.2, 0.25) is 0 Å². The van der Waals surface area contributed by atoms with Gasteiger partial charge in [0.05, 0.1) is 28.2 Å². The van der Waals surface area contributed by atoms with Crippen LogP contribution in [0.3, 0.4) is 0 Å². The van der Waals surface area contributed by atoms with Crippen molar-refractivity contribution in [3.8, 4) is 11.3 Å². The Morgan fingerprint density at radius 3 is 2.43 bits per heavy atom. The SMILES string of the molecule is Cc1cc(-c2ncnc3[nH]c4cc(CC5CCC(CC6CN(C7CN(c8ccc9c(c8)C(=O)N(C8CCC(=O)NC8=O)C9=O)C7)C6)CC5)ccc4c23)ccc1[C@@H](C)NC(=O)c1nc(C2(C)CC2)no1. The standard InChI is InChI=1S/C53H56N10O6/c1-28-18-34(9-12-37(28)29(2)56-48(66)49-59-52(60-69-49)53(3)16-17-53)45-44-39-11-8-32(21-41(39)57-46(44)55-27-54-45)19-30-4-6-31(7-5-30)20-33-23-61(24-33)36-25-62(26-36)35-10-13-38-40(22-35)51(68)63(50(38)67)42-14-15-43(64)58-47(42)65/h8-13,18,21-22,27,29-31,33,36,42H,4-7,14-17,19-20,23-26H2,1-3H3,(H,56,66)(H,54,55,57)(H,58,64,65)/t29-,30?,31?,42?/m1/s1. The van der Waals surface area contributed by atoms with Crippen LogP contribution in [0.25, 0.3) is 33.2 Å². The zero-order valence-electron chi connectivity index (χ0n) is 39.2. The summed E-state index contributed by atoms with van der Waals surface area (Å²) in [5.41, 5.74) is 8.61. The van der Waals surface area contributed by atoms with E-state index in [4.69, 9.17) is 9.51 Å². The van der Waals surface area contributed by atoms with Crippen molar-refractivity contribution in [3.63, 3.8) is 0 Å². The zero-order valence-corrected chi connectivity index (χ0v) is 39.2. The molecule has 3 saturated heterocycles. The topological polar surface area (TPSA) is 200 Å². The number of hydrogen-bond acceptors (Lipinski definition) is 12. The van der Waals surface area contributed by atoms with E-state index in [0.717, 1.165) is 112 Å². The van der Waals surface area contributed by atoms with Gasteiger partial charge in [0.1, 0.15) is 18.0 Å². The molecule has 2 atom stereocenters. The minimum atomic E-state index is -0.959. The van der Waals surface area contributed by atoms with Crippen LogP contribution in [0.4, 0.5) is 5.69 Å². The number of anilines is 1. The number of likely N-dealkylation sites (tertiary alicyclic amines) is 1. The molecule has 6 aromatic rings. The quantitative estimate of drug-likeness (QED) is 0.107. The summed E-state index contributed by atoms with van der Waals surface area (Å²) in [4.78, 5) is 86.9. The zero-order chi connectivity index (χ0) is 47.3. The van der Waals surface area contributed by atoms with Gasteiger partial charge in [0.15, 0.2) is 5.82 Å². The first kappa shape index (κ1) is 43.5. The second-order valence-electron chi connectivity index (χ2n) is 21.1. The summed E-state index contributed by atoms with van der Waals surface area (Å²) >= 11 is 0. The Labute approximate surface area is 399 Å². The molecular formula is C53H56N10O6. The molecule has 2 aliphatic carbocycles. The first-order chi connectivity index (χ1) is 33.4. The van der Waals surface area contributed by atoms with E-state index in [-0.39, 0.29) is 42.0 Å². The van der Waals surface area contributed by atoms with Crippen LogP contribution in [0.5, 0.6) is 0 Å². The number of aromatic amines is 1. The molecule has 2 saturated carbocycles. The fourth-order valence-corrected chi connectivity index (χ4v) is 11.8. The molecule has 3 N–H and O–H groups in total. The molecule has 4 aliphatic heterocycles. The Balaban J connectivity index is 0.612. The number of amides is 5. The van der Waals surface area contributed by atoms with Gasteiger partial charge in [-0.05, 0) is 124 Å². The van der Waals surface area contributed by atoms with Crippen LogP contribution in [0, 0.1) is 24.7 Å². The molecule has 5 amide bonds.